The van der Waals surface area contributed by atoms with E-state index in [-0.39, 0.29) is 6.42 Å². The molecule has 144 valence electrons. The molecule has 0 amide bonds. The Morgan fingerprint density at radius 1 is 0.625 bits per heavy atom. The molecule has 0 bridgehead atoms. The first-order chi connectivity index (χ1) is 11.6. The van der Waals surface area contributed by atoms with Crippen molar-refractivity contribution < 1.29 is 9.90 Å². The molecule has 0 saturated heterocycles. The van der Waals surface area contributed by atoms with Crippen LogP contribution in [0.25, 0.3) is 0 Å². The van der Waals surface area contributed by atoms with Crippen LogP contribution in [0.1, 0.15) is 111 Å². The third kappa shape index (κ3) is 24.5. The molecule has 0 radical (unpaired) electrons. The average Bonchev–Trinajstić information content (AvgIpc) is 2.54. The van der Waals surface area contributed by atoms with Crippen LogP contribution in [0.4, 0.5) is 0 Å². The molecule has 0 aliphatic rings. The summed E-state index contributed by atoms with van der Waals surface area (Å²) in [6, 6.07) is 0. The van der Waals surface area contributed by atoms with E-state index in [9.17, 15) is 9.90 Å². The molecule has 24 heavy (non-hydrogen) atoms. The molecule has 0 aromatic heterocycles. The van der Waals surface area contributed by atoms with Crippen LogP contribution in [0.15, 0.2) is 0 Å². The summed E-state index contributed by atoms with van der Waals surface area (Å²) in [5.41, 5.74) is 0. The van der Waals surface area contributed by atoms with Gasteiger partial charge >= 0.3 is 73.1 Å². The molecule has 0 N–H and O–H groups in total. The monoisotopic (exact) mass is 448 g/mol. The zero-order chi connectivity index (χ0) is 18.5. The van der Waals surface area contributed by atoms with Crippen LogP contribution < -0.4 is 5.11 Å². The van der Waals surface area contributed by atoms with Crippen molar-refractivity contribution in [3.63, 3.8) is 0 Å². The van der Waals surface area contributed by atoms with Crippen molar-refractivity contribution in [3.05, 3.63) is 0 Å². The number of carbonyl (C=O) groups is 1. The molecular weight excluding hydrogens is 403 g/mol. The van der Waals surface area contributed by atoms with Gasteiger partial charge in [-0.3, -0.25) is 0 Å². The van der Waals surface area contributed by atoms with Gasteiger partial charge < -0.3 is 9.90 Å². The van der Waals surface area contributed by atoms with Crippen molar-refractivity contribution in [2.75, 3.05) is 0 Å². The van der Waals surface area contributed by atoms with E-state index in [0.29, 0.717) is 0 Å². The Morgan fingerprint density at radius 2 is 1.00 bits per heavy atom. The number of carbonyl (C=O) groups excluding carboxylic acids is 1. The Kier molecular flexibility index (Phi) is 25.7. The summed E-state index contributed by atoms with van der Waals surface area (Å²) < 4.78 is 4.93. The van der Waals surface area contributed by atoms with Crippen LogP contribution in [-0.4, -0.2) is 25.7 Å². The summed E-state index contributed by atoms with van der Waals surface area (Å²) in [6.07, 6.45) is 15.5. The number of hydrogen-bond acceptors (Lipinski definition) is 2. The summed E-state index contributed by atoms with van der Waals surface area (Å²) in [7, 11) is 0. The van der Waals surface area contributed by atoms with E-state index in [2.05, 4.69) is 27.7 Å². The first-order valence-corrected chi connectivity index (χ1v) is 16.7. The fourth-order valence-electron chi connectivity index (χ4n) is 3.02. The second-order valence-corrected chi connectivity index (χ2v) is 15.5. The zero-order valence-corrected chi connectivity index (χ0v) is 20.0. The van der Waals surface area contributed by atoms with Crippen molar-refractivity contribution in [2.24, 2.45) is 0 Å². The van der Waals surface area contributed by atoms with Gasteiger partial charge in [0.2, 0.25) is 0 Å². The van der Waals surface area contributed by atoms with E-state index in [1.165, 1.54) is 64.2 Å². The predicted octanol–water partition coefficient (Wildman–Crippen LogP) is 6.37. The van der Waals surface area contributed by atoms with E-state index in [1.54, 1.807) is 13.3 Å². The number of carboxylic acids is 1. The topological polar surface area (TPSA) is 40.1 Å². The van der Waals surface area contributed by atoms with Gasteiger partial charge in [0.1, 0.15) is 0 Å². The second-order valence-electron chi connectivity index (χ2n) is 6.95. The SMILES string of the molecule is CCCCCCCCCCCC(=O)[O-].CC[CH2][Sn+]([CH2]CC)[CH2]CC. The Hall–Kier alpha value is 0.269. The molecule has 0 spiro atoms. The van der Waals surface area contributed by atoms with E-state index in [4.69, 9.17) is 0 Å². The number of carboxylic acid groups (broad SMARTS) is 1. The molecule has 0 unspecified atom stereocenters. The van der Waals surface area contributed by atoms with Crippen LogP contribution in [0.5, 0.6) is 0 Å². The van der Waals surface area contributed by atoms with Gasteiger partial charge in [0.15, 0.2) is 0 Å². The quantitative estimate of drug-likeness (QED) is 0.204. The summed E-state index contributed by atoms with van der Waals surface area (Å²) in [5.74, 6) is -0.909. The Bertz CT molecular complexity index is 230. The molecule has 0 saturated carbocycles. The fraction of sp³-hybridized carbons (Fsp3) is 0.952. The van der Waals surface area contributed by atoms with E-state index >= 15 is 0 Å². The van der Waals surface area contributed by atoms with Crippen LogP contribution in [0.3, 0.4) is 0 Å². The standard InChI is InChI=1S/C12H24O2.3C3H7.Sn/c1-2-3-4-5-6-7-8-9-10-11-12(13)14;3*1-3-2;/h2-11H2,1H3,(H,13,14);3*1,3H2,2H3;/q;;;;+1/p-1. The van der Waals surface area contributed by atoms with Crippen molar-refractivity contribution in [1.29, 1.82) is 0 Å². The van der Waals surface area contributed by atoms with E-state index in [0.717, 1.165) is 12.8 Å². The molecule has 0 heterocycles. The van der Waals surface area contributed by atoms with Crippen LogP contribution in [-0.2, 0) is 4.79 Å². The Balaban J connectivity index is 0. The number of unbranched alkanes of at least 4 members (excludes halogenated alkanes) is 8. The number of hydrogen-bond donors (Lipinski definition) is 0. The van der Waals surface area contributed by atoms with E-state index in [1.807, 2.05) is 0 Å². The first-order valence-electron chi connectivity index (χ1n) is 10.7. The van der Waals surface area contributed by atoms with Gasteiger partial charge in [-0.2, -0.15) is 0 Å². The maximum atomic E-state index is 10.1. The Morgan fingerprint density at radius 3 is 1.33 bits per heavy atom. The summed E-state index contributed by atoms with van der Waals surface area (Å²) in [6.45, 7) is 9.24. The molecule has 0 atom stereocenters. The summed E-state index contributed by atoms with van der Waals surface area (Å²) in [4.78, 5) is 10.1. The van der Waals surface area contributed by atoms with Gasteiger partial charge in [-0.1, -0.05) is 58.3 Å². The fourth-order valence-corrected chi connectivity index (χ4v) is 11.2. The van der Waals surface area contributed by atoms with E-state index < -0.39 is 25.7 Å². The average molecular weight is 447 g/mol. The van der Waals surface area contributed by atoms with Gasteiger partial charge in [-0.25, -0.2) is 0 Å². The Labute approximate surface area is 159 Å². The van der Waals surface area contributed by atoms with Crippen molar-refractivity contribution in [2.45, 2.75) is 124 Å². The van der Waals surface area contributed by atoms with Crippen molar-refractivity contribution in [3.8, 4) is 0 Å². The van der Waals surface area contributed by atoms with Crippen molar-refractivity contribution >= 4 is 25.7 Å². The molecule has 2 nitrogen and oxygen atoms in total. The molecule has 0 aromatic rings. The summed E-state index contributed by atoms with van der Waals surface area (Å²) >= 11 is -0.759. The van der Waals surface area contributed by atoms with Gasteiger partial charge in [0, 0.05) is 5.97 Å². The molecule has 0 rings (SSSR count). The molecule has 0 fully saturated rings. The normalized spacial score (nSPS) is 10.2. The first kappa shape index (κ1) is 26.5. The molecule has 0 aliphatic heterocycles. The third-order valence-electron chi connectivity index (χ3n) is 4.30. The van der Waals surface area contributed by atoms with Gasteiger partial charge in [0.25, 0.3) is 0 Å². The molecule has 0 aliphatic carbocycles. The second kappa shape index (κ2) is 23.3. The van der Waals surface area contributed by atoms with Crippen LogP contribution in [0.2, 0.25) is 13.3 Å². The van der Waals surface area contributed by atoms with Crippen molar-refractivity contribution in [1.82, 2.24) is 0 Å². The third-order valence-corrected chi connectivity index (χ3v) is 14.6. The minimum atomic E-state index is -0.909. The van der Waals surface area contributed by atoms with Crippen LogP contribution >= 0.6 is 0 Å². The van der Waals surface area contributed by atoms with Gasteiger partial charge in [0.05, 0.1) is 0 Å². The molecule has 3 heteroatoms. The molecule has 0 aromatic carbocycles. The van der Waals surface area contributed by atoms with Gasteiger partial charge in [-0.15, -0.1) is 0 Å². The maximum absolute atomic E-state index is 10.1. The molecular formula is C21H44O2Sn. The van der Waals surface area contributed by atoms with Crippen LogP contribution in [0, 0.1) is 0 Å². The minimum absolute atomic E-state index is 0.232. The zero-order valence-electron chi connectivity index (χ0n) is 17.1. The predicted molar refractivity (Wildman–Crippen MR) is 108 cm³/mol. The number of rotatable bonds is 16. The summed E-state index contributed by atoms with van der Waals surface area (Å²) in [5, 5.41) is 10.1. The number of aliphatic carboxylic acids is 1. The van der Waals surface area contributed by atoms with Gasteiger partial charge in [-0.05, 0) is 12.8 Å².